The predicted octanol–water partition coefficient (Wildman–Crippen LogP) is 5.11. The summed E-state index contributed by atoms with van der Waals surface area (Å²) >= 11 is 0. The Morgan fingerprint density at radius 3 is 1.62 bits per heavy atom. The van der Waals surface area contributed by atoms with Crippen molar-refractivity contribution in [2.75, 3.05) is 0 Å². The number of carboxylic acids is 2. The van der Waals surface area contributed by atoms with E-state index in [-0.39, 0.29) is 0 Å². The summed E-state index contributed by atoms with van der Waals surface area (Å²) in [4.78, 5) is 20.1. The Morgan fingerprint density at radius 1 is 0.762 bits per heavy atom. The molecule has 0 aromatic carbocycles. The van der Waals surface area contributed by atoms with Crippen LogP contribution in [0.15, 0.2) is 0 Å². The van der Waals surface area contributed by atoms with Crippen LogP contribution in [-0.2, 0) is 9.59 Å². The Labute approximate surface area is 129 Å². The minimum absolute atomic E-state index is 0.326. The van der Waals surface area contributed by atoms with Gasteiger partial charge < -0.3 is 10.2 Å². The number of unbranched alkanes of at least 4 members (excludes halogenated alkanes) is 6. The lowest BCUT2D eigenvalue weighted by Gasteiger charge is -2.01. The zero-order valence-corrected chi connectivity index (χ0v) is 14.1. The molecule has 0 aliphatic heterocycles. The summed E-state index contributed by atoms with van der Waals surface area (Å²) in [6.07, 6.45) is 10.6. The van der Waals surface area contributed by atoms with Crippen LogP contribution in [0.25, 0.3) is 0 Å². The molecule has 0 atom stereocenters. The number of carbonyl (C=O) groups is 2. The van der Waals surface area contributed by atoms with Crippen LogP contribution in [0.2, 0.25) is 0 Å². The molecule has 0 radical (unpaired) electrons. The molecule has 0 heterocycles. The van der Waals surface area contributed by atoms with E-state index in [0.717, 1.165) is 32.1 Å². The fourth-order valence-electron chi connectivity index (χ4n) is 1.89. The SMILES string of the molecule is CC(C)CCCCC(=O)O.CCCCCCCCC(=O)O. The van der Waals surface area contributed by atoms with Gasteiger partial charge in [-0.15, -0.1) is 0 Å². The number of hydrogen-bond acceptors (Lipinski definition) is 2. The summed E-state index contributed by atoms with van der Waals surface area (Å²) in [5.74, 6) is -0.641. The monoisotopic (exact) mass is 302 g/mol. The highest BCUT2D eigenvalue weighted by Crippen LogP contribution is 2.07. The molecule has 0 bridgehead atoms. The van der Waals surface area contributed by atoms with E-state index < -0.39 is 11.9 Å². The molecule has 0 aliphatic rings. The second-order valence-electron chi connectivity index (χ2n) is 5.94. The Kier molecular flexibility index (Phi) is 18.0. The Balaban J connectivity index is 0. The van der Waals surface area contributed by atoms with Crippen molar-refractivity contribution in [1.82, 2.24) is 0 Å². The van der Waals surface area contributed by atoms with E-state index in [1.54, 1.807) is 0 Å². The predicted molar refractivity (Wildman–Crippen MR) is 86.6 cm³/mol. The van der Waals surface area contributed by atoms with E-state index in [1.807, 2.05) is 0 Å². The van der Waals surface area contributed by atoms with Crippen LogP contribution >= 0.6 is 0 Å². The molecular weight excluding hydrogens is 268 g/mol. The van der Waals surface area contributed by atoms with Crippen LogP contribution in [0.4, 0.5) is 0 Å². The number of rotatable bonds is 12. The van der Waals surface area contributed by atoms with Gasteiger partial charge in [-0.2, -0.15) is 0 Å². The highest BCUT2D eigenvalue weighted by molar-refractivity contribution is 5.66. The van der Waals surface area contributed by atoms with E-state index in [1.165, 1.54) is 25.7 Å². The minimum Gasteiger partial charge on any atom is -0.481 e. The third-order valence-electron chi connectivity index (χ3n) is 3.17. The van der Waals surface area contributed by atoms with E-state index in [9.17, 15) is 9.59 Å². The van der Waals surface area contributed by atoms with Crippen LogP contribution in [0.1, 0.15) is 91.4 Å². The lowest BCUT2D eigenvalue weighted by Crippen LogP contribution is -1.94. The highest BCUT2D eigenvalue weighted by atomic mass is 16.4. The molecule has 0 amide bonds. The number of aliphatic carboxylic acids is 2. The molecule has 0 saturated carbocycles. The van der Waals surface area contributed by atoms with Gasteiger partial charge in [-0.25, -0.2) is 0 Å². The fraction of sp³-hybridized carbons (Fsp3) is 0.882. The van der Waals surface area contributed by atoms with Crippen molar-refractivity contribution >= 4 is 11.9 Å². The molecule has 0 saturated heterocycles. The first-order chi connectivity index (χ1) is 9.90. The smallest absolute Gasteiger partial charge is 0.303 e. The third kappa shape index (κ3) is 28.0. The molecule has 0 aliphatic carbocycles. The van der Waals surface area contributed by atoms with Crippen molar-refractivity contribution in [2.24, 2.45) is 5.92 Å². The first kappa shape index (κ1) is 22.2. The molecule has 0 unspecified atom stereocenters. The third-order valence-corrected chi connectivity index (χ3v) is 3.17. The largest absolute Gasteiger partial charge is 0.481 e. The lowest BCUT2D eigenvalue weighted by atomic mass is 10.1. The lowest BCUT2D eigenvalue weighted by molar-refractivity contribution is -0.138. The average Bonchev–Trinajstić information content (AvgIpc) is 2.39. The van der Waals surface area contributed by atoms with E-state index >= 15 is 0 Å². The molecule has 2 N–H and O–H groups in total. The van der Waals surface area contributed by atoms with E-state index in [4.69, 9.17) is 10.2 Å². The summed E-state index contributed by atoms with van der Waals surface area (Å²) in [7, 11) is 0. The Morgan fingerprint density at radius 2 is 1.19 bits per heavy atom. The van der Waals surface area contributed by atoms with Crippen molar-refractivity contribution in [3.8, 4) is 0 Å². The zero-order chi connectivity index (χ0) is 16.5. The van der Waals surface area contributed by atoms with Gasteiger partial charge in [0.1, 0.15) is 0 Å². The van der Waals surface area contributed by atoms with Gasteiger partial charge in [-0.05, 0) is 18.8 Å². The van der Waals surface area contributed by atoms with Crippen molar-refractivity contribution in [1.29, 1.82) is 0 Å². The standard InChI is InChI=1S/C9H18O2.C8H16O2/c1-2-3-4-5-6-7-8-9(10)11;1-7(2)5-3-4-6-8(9)10/h2-8H2,1H3,(H,10,11);7H,3-6H2,1-2H3,(H,9,10). The maximum Gasteiger partial charge on any atom is 0.303 e. The van der Waals surface area contributed by atoms with Crippen molar-refractivity contribution in [3.05, 3.63) is 0 Å². The molecular formula is C17H34O4. The molecule has 0 rings (SSSR count). The average molecular weight is 302 g/mol. The first-order valence-electron chi connectivity index (χ1n) is 8.33. The van der Waals surface area contributed by atoms with Crippen LogP contribution in [0.5, 0.6) is 0 Å². The van der Waals surface area contributed by atoms with Crippen molar-refractivity contribution in [2.45, 2.75) is 91.4 Å². The van der Waals surface area contributed by atoms with Crippen LogP contribution in [0.3, 0.4) is 0 Å². The normalized spacial score (nSPS) is 10.1. The topological polar surface area (TPSA) is 74.6 Å². The minimum atomic E-state index is -0.677. The maximum absolute atomic E-state index is 10.1. The molecule has 4 nitrogen and oxygen atoms in total. The van der Waals surface area contributed by atoms with Gasteiger partial charge in [0.05, 0.1) is 0 Å². The molecule has 0 spiro atoms. The summed E-state index contributed by atoms with van der Waals surface area (Å²) in [5, 5.41) is 16.6. The molecule has 0 aromatic rings. The van der Waals surface area contributed by atoms with Crippen molar-refractivity contribution in [3.63, 3.8) is 0 Å². The van der Waals surface area contributed by atoms with Gasteiger partial charge in [-0.1, -0.05) is 65.7 Å². The second-order valence-corrected chi connectivity index (χ2v) is 5.94. The maximum atomic E-state index is 10.1. The Hall–Kier alpha value is -1.06. The summed E-state index contributed by atoms with van der Waals surface area (Å²) in [5.41, 5.74) is 0. The quantitative estimate of drug-likeness (QED) is 0.491. The highest BCUT2D eigenvalue weighted by Gasteiger charge is 1.97. The molecule has 4 heteroatoms. The number of carboxylic acid groups (broad SMARTS) is 2. The summed E-state index contributed by atoms with van der Waals surface area (Å²) < 4.78 is 0. The molecule has 21 heavy (non-hydrogen) atoms. The van der Waals surface area contributed by atoms with Crippen LogP contribution in [0, 0.1) is 5.92 Å². The van der Waals surface area contributed by atoms with Gasteiger partial charge in [0.25, 0.3) is 0 Å². The van der Waals surface area contributed by atoms with Gasteiger partial charge in [-0.3, -0.25) is 9.59 Å². The number of hydrogen-bond donors (Lipinski definition) is 2. The van der Waals surface area contributed by atoms with Gasteiger partial charge >= 0.3 is 11.9 Å². The van der Waals surface area contributed by atoms with Gasteiger partial charge in [0.2, 0.25) is 0 Å². The first-order valence-corrected chi connectivity index (χ1v) is 8.33. The van der Waals surface area contributed by atoms with E-state index in [0.29, 0.717) is 18.8 Å². The summed E-state index contributed by atoms with van der Waals surface area (Å²) in [6.45, 7) is 6.48. The van der Waals surface area contributed by atoms with Crippen LogP contribution < -0.4 is 0 Å². The fourth-order valence-corrected chi connectivity index (χ4v) is 1.89. The molecule has 0 aromatic heterocycles. The van der Waals surface area contributed by atoms with Crippen LogP contribution in [-0.4, -0.2) is 22.2 Å². The van der Waals surface area contributed by atoms with Gasteiger partial charge in [0, 0.05) is 12.8 Å². The van der Waals surface area contributed by atoms with E-state index in [2.05, 4.69) is 20.8 Å². The molecule has 0 fully saturated rings. The summed E-state index contributed by atoms with van der Waals surface area (Å²) in [6, 6.07) is 0. The van der Waals surface area contributed by atoms with Gasteiger partial charge in [0.15, 0.2) is 0 Å². The van der Waals surface area contributed by atoms with Crippen molar-refractivity contribution < 1.29 is 19.8 Å². The molecule has 126 valence electrons. The second kappa shape index (κ2) is 17.0. The Bertz CT molecular complexity index is 249. The zero-order valence-electron chi connectivity index (χ0n) is 14.1.